The Kier molecular flexibility index (Phi) is 16.5. The molecular weight excluding hydrogens is 1010 g/mol. The Morgan fingerprint density at radius 3 is 1.60 bits per heavy atom. The van der Waals surface area contributed by atoms with Gasteiger partial charge in [0.2, 0.25) is 0 Å². The van der Waals surface area contributed by atoms with E-state index in [1.807, 2.05) is 6.07 Å². The minimum absolute atomic E-state index is 0.113. The second kappa shape index (κ2) is 22.2. The maximum atomic E-state index is 15.3. The van der Waals surface area contributed by atoms with Crippen LogP contribution in [0, 0.1) is 35.5 Å². The first-order valence-corrected chi connectivity index (χ1v) is 25.2. The summed E-state index contributed by atoms with van der Waals surface area (Å²) in [6.07, 6.45) is -16.6. The van der Waals surface area contributed by atoms with Gasteiger partial charge in [-0.15, -0.1) is 0 Å². The number of nitrogens with zero attached hydrogens (tertiary/aromatic N) is 2. The predicted octanol–water partition coefficient (Wildman–Crippen LogP) is 13.6. The van der Waals surface area contributed by atoms with Crippen LogP contribution in [-0.4, -0.2) is 71.3 Å². The minimum atomic E-state index is -5.16. The topological polar surface area (TPSA) is 99.5 Å². The predicted molar refractivity (Wildman–Crippen MR) is 251 cm³/mol. The third kappa shape index (κ3) is 14.1. The first-order valence-electron chi connectivity index (χ1n) is 25.2. The molecular formula is C55H58F12N2O6. The maximum Gasteiger partial charge on any atom is 0.416 e. The first kappa shape index (κ1) is 55.7. The molecule has 5 atom stereocenters. The normalized spacial score (nSPS) is 20.1. The molecule has 4 aliphatic rings. The highest BCUT2D eigenvalue weighted by atomic mass is 19.4. The number of hydrogen-bond donors (Lipinski definition) is 2. The van der Waals surface area contributed by atoms with Gasteiger partial charge in [-0.2, -0.15) is 52.7 Å². The van der Waals surface area contributed by atoms with Crippen molar-refractivity contribution in [1.82, 2.24) is 9.80 Å². The molecule has 1 unspecified atom stereocenters. The van der Waals surface area contributed by atoms with E-state index >= 15 is 13.2 Å². The average molecular weight is 1070 g/mol. The van der Waals surface area contributed by atoms with E-state index < -0.39 is 106 Å². The quantitative estimate of drug-likeness (QED) is 0.0845. The lowest BCUT2D eigenvalue weighted by Gasteiger charge is -2.32. The molecule has 2 aliphatic carbocycles. The lowest BCUT2D eigenvalue weighted by atomic mass is 9.77. The number of carbonyl (C=O) groups is 2. The summed E-state index contributed by atoms with van der Waals surface area (Å²) in [5.41, 5.74) is -5.66. The number of carboxylic acids is 2. The van der Waals surface area contributed by atoms with Gasteiger partial charge in [0.15, 0.2) is 0 Å². The minimum Gasteiger partial charge on any atom is -0.493 e. The van der Waals surface area contributed by atoms with Crippen LogP contribution in [0.3, 0.4) is 0 Å². The molecule has 0 spiro atoms. The summed E-state index contributed by atoms with van der Waals surface area (Å²) in [6, 6.07) is 15.8. The van der Waals surface area contributed by atoms with Crippen LogP contribution in [0.1, 0.15) is 114 Å². The van der Waals surface area contributed by atoms with Crippen LogP contribution in [0.5, 0.6) is 11.5 Å². The van der Waals surface area contributed by atoms with Crippen LogP contribution < -0.4 is 9.47 Å². The summed E-state index contributed by atoms with van der Waals surface area (Å²) in [6.45, 7) is 2.06. The summed E-state index contributed by atoms with van der Waals surface area (Å²) in [5, 5.41) is 20.4. The van der Waals surface area contributed by atoms with Crippen molar-refractivity contribution < 1.29 is 82.0 Å². The van der Waals surface area contributed by atoms with Crippen LogP contribution >= 0.6 is 0 Å². The monoisotopic (exact) mass is 1070 g/mol. The molecule has 2 saturated heterocycles. The standard InChI is InChI=1S/C55H58F12N2O6/c1-31(50(70)71)47(34-8-9-34)36-4-2-6-43(23-36)75-30-33-16-19-69(26-33)28-40-22-42(53(59,60)61)20-38(49(40)55(65,66)67)25-45(51(72)73)48(35-10-11-35)37-5-3-7-44(24-37)74-29-32-14-17-68(18-15-32)27-39-21-41(52(56,57)58)12-13-46(39)54(62,63)64/h2-7,12-13,20-24,31-35,45,47-48H,8-11,14-19,25-30H2,1H3,(H,70,71)(H,72,73)/t31-,33?,45-,47-,48-/m0/s1. The number of likely N-dealkylation sites (tertiary alicyclic amines) is 2. The van der Waals surface area contributed by atoms with Gasteiger partial charge in [-0.25, -0.2) is 0 Å². The molecule has 408 valence electrons. The molecule has 2 N–H and O–H groups in total. The van der Waals surface area contributed by atoms with Crippen LogP contribution in [0.4, 0.5) is 52.7 Å². The van der Waals surface area contributed by atoms with Crippen molar-refractivity contribution in [3.05, 3.63) is 129 Å². The lowest BCUT2D eigenvalue weighted by molar-refractivity contribution is -0.145. The molecule has 4 aromatic carbocycles. The van der Waals surface area contributed by atoms with Crippen molar-refractivity contribution in [2.45, 2.75) is 108 Å². The largest absolute Gasteiger partial charge is 0.493 e. The van der Waals surface area contributed by atoms with Crippen LogP contribution in [-0.2, 0) is 53.8 Å². The van der Waals surface area contributed by atoms with Gasteiger partial charge in [-0.3, -0.25) is 19.4 Å². The van der Waals surface area contributed by atoms with E-state index in [9.17, 15) is 59.3 Å². The number of aliphatic carboxylic acids is 2. The molecule has 2 saturated carbocycles. The van der Waals surface area contributed by atoms with E-state index in [1.54, 1.807) is 59.2 Å². The Balaban J connectivity index is 0.943. The lowest BCUT2D eigenvalue weighted by Crippen LogP contribution is -2.35. The average Bonchev–Trinajstić information content (AvgIpc) is 4.28. The maximum absolute atomic E-state index is 15.3. The van der Waals surface area contributed by atoms with Crippen LogP contribution in [0.25, 0.3) is 0 Å². The Bertz CT molecular complexity index is 2650. The molecule has 0 aromatic heterocycles. The summed E-state index contributed by atoms with van der Waals surface area (Å²) in [7, 11) is 0. The fourth-order valence-corrected chi connectivity index (χ4v) is 11.3. The number of alkyl halides is 12. The molecule has 75 heavy (non-hydrogen) atoms. The molecule has 0 bridgehead atoms. The van der Waals surface area contributed by atoms with Gasteiger partial charge in [-0.1, -0.05) is 31.2 Å². The SMILES string of the molecule is C[C@H](C(=O)O)[C@H](c1cccc(OCC2CCN(Cc3cc(C(F)(F)F)cc(C[C@H](C(=O)O)[C@H](c4cccc(OCC5CCN(Cc6cc(C(F)(F)F)ccc6C(F)(F)F)CC5)c4)C4CC4)c3C(F)(F)F)C2)c1)C1CC1. The van der Waals surface area contributed by atoms with Crippen molar-refractivity contribution in [1.29, 1.82) is 0 Å². The number of ether oxygens (including phenoxy) is 2. The Morgan fingerprint density at radius 1 is 0.560 bits per heavy atom. The number of carboxylic acid groups (broad SMARTS) is 2. The van der Waals surface area contributed by atoms with Gasteiger partial charge in [-0.05, 0) is 177 Å². The number of hydrogen-bond acceptors (Lipinski definition) is 6. The van der Waals surface area contributed by atoms with Crippen LogP contribution in [0.2, 0.25) is 0 Å². The third-order valence-electron chi connectivity index (χ3n) is 15.4. The highest BCUT2D eigenvalue weighted by Crippen LogP contribution is 2.51. The van der Waals surface area contributed by atoms with E-state index in [1.165, 1.54) is 0 Å². The molecule has 2 heterocycles. The van der Waals surface area contributed by atoms with E-state index in [2.05, 4.69) is 0 Å². The van der Waals surface area contributed by atoms with Crippen LogP contribution in [0.15, 0.2) is 78.9 Å². The third-order valence-corrected chi connectivity index (χ3v) is 15.4. The van der Waals surface area contributed by atoms with E-state index in [0.29, 0.717) is 73.7 Å². The second-order valence-electron chi connectivity index (χ2n) is 20.9. The summed E-state index contributed by atoms with van der Waals surface area (Å²) >= 11 is 0. The van der Waals surface area contributed by atoms with E-state index in [4.69, 9.17) is 9.47 Å². The second-order valence-corrected chi connectivity index (χ2v) is 20.9. The number of halogens is 12. The molecule has 0 amide bonds. The molecule has 8 nitrogen and oxygen atoms in total. The number of benzene rings is 4. The zero-order valence-corrected chi connectivity index (χ0v) is 40.9. The van der Waals surface area contributed by atoms with Gasteiger partial charge < -0.3 is 19.7 Å². The van der Waals surface area contributed by atoms with Gasteiger partial charge in [0.25, 0.3) is 0 Å². The van der Waals surface area contributed by atoms with E-state index in [-0.39, 0.29) is 81.3 Å². The van der Waals surface area contributed by atoms with Crippen molar-refractivity contribution in [2.24, 2.45) is 35.5 Å². The fraction of sp³-hybridized carbons (Fsp3) is 0.527. The van der Waals surface area contributed by atoms with Gasteiger partial charge in [0.1, 0.15) is 11.5 Å². The van der Waals surface area contributed by atoms with Gasteiger partial charge >= 0.3 is 36.6 Å². The zero-order valence-electron chi connectivity index (χ0n) is 40.9. The Labute approximate surface area is 426 Å². The molecule has 8 rings (SSSR count). The zero-order chi connectivity index (χ0) is 54.2. The van der Waals surface area contributed by atoms with Crippen molar-refractivity contribution in [3.8, 4) is 11.5 Å². The molecule has 4 aromatic rings. The van der Waals surface area contributed by atoms with E-state index in [0.717, 1.165) is 18.4 Å². The smallest absolute Gasteiger partial charge is 0.416 e. The molecule has 0 radical (unpaired) electrons. The highest BCUT2D eigenvalue weighted by molar-refractivity contribution is 5.73. The highest BCUT2D eigenvalue weighted by Gasteiger charge is 2.46. The van der Waals surface area contributed by atoms with Gasteiger partial charge in [0.05, 0.1) is 47.3 Å². The van der Waals surface area contributed by atoms with Gasteiger partial charge in [0, 0.05) is 31.5 Å². The molecule has 4 fully saturated rings. The molecule has 2 aliphatic heterocycles. The Morgan fingerprint density at radius 2 is 1.07 bits per heavy atom. The first-order chi connectivity index (χ1) is 35.2. The van der Waals surface area contributed by atoms with Crippen molar-refractivity contribution in [2.75, 3.05) is 39.4 Å². The summed E-state index contributed by atoms with van der Waals surface area (Å²) < 4.78 is 183. The van der Waals surface area contributed by atoms with Crippen molar-refractivity contribution in [3.63, 3.8) is 0 Å². The van der Waals surface area contributed by atoms with Crippen molar-refractivity contribution >= 4 is 11.9 Å². The summed E-state index contributed by atoms with van der Waals surface area (Å²) in [5.74, 6) is -5.30. The molecule has 20 heteroatoms. The number of rotatable bonds is 20. The fourth-order valence-electron chi connectivity index (χ4n) is 11.3. The number of piperidine rings is 1. The Hall–Kier alpha value is -5.50. The summed E-state index contributed by atoms with van der Waals surface area (Å²) in [4.78, 5) is 28.3.